The molecule has 1 aromatic heterocycles. The van der Waals surface area contributed by atoms with Crippen molar-refractivity contribution in [2.24, 2.45) is 7.05 Å². The van der Waals surface area contributed by atoms with Crippen LogP contribution < -0.4 is 15.4 Å². The van der Waals surface area contributed by atoms with Gasteiger partial charge < -0.3 is 15.4 Å². The van der Waals surface area contributed by atoms with E-state index < -0.39 is 0 Å². The first kappa shape index (κ1) is 18.5. The molecule has 1 heterocycles. The number of aromatic nitrogens is 2. The Morgan fingerprint density at radius 3 is 2.64 bits per heavy atom. The van der Waals surface area contributed by atoms with Crippen molar-refractivity contribution < 1.29 is 14.3 Å². The molecule has 0 radical (unpaired) electrons. The van der Waals surface area contributed by atoms with E-state index in [2.05, 4.69) is 15.7 Å². The minimum atomic E-state index is -0.229. The average molecular weight is 344 g/mol. The van der Waals surface area contributed by atoms with Crippen molar-refractivity contribution in [3.05, 3.63) is 47.3 Å². The van der Waals surface area contributed by atoms with Crippen LogP contribution in [-0.4, -0.2) is 35.2 Å². The van der Waals surface area contributed by atoms with Gasteiger partial charge in [0.2, 0.25) is 0 Å². The summed E-state index contributed by atoms with van der Waals surface area (Å²) in [4.78, 5) is 24.0. The maximum Gasteiger partial charge on any atom is 0.257 e. The first-order valence-corrected chi connectivity index (χ1v) is 8.19. The molecule has 2 N–H and O–H groups in total. The Kier molecular flexibility index (Phi) is 6.16. The fourth-order valence-corrected chi connectivity index (χ4v) is 2.47. The molecule has 1 unspecified atom stereocenters. The molecule has 7 heteroatoms. The lowest BCUT2D eigenvalue weighted by molar-refractivity contribution is -0.122. The lowest BCUT2D eigenvalue weighted by atomic mass is 10.0. The third-order valence-corrected chi connectivity index (χ3v) is 4.13. The third kappa shape index (κ3) is 4.37. The van der Waals surface area contributed by atoms with Crippen LogP contribution in [0.15, 0.2) is 30.5 Å². The van der Waals surface area contributed by atoms with Gasteiger partial charge in [-0.05, 0) is 19.4 Å². The maximum absolute atomic E-state index is 12.6. The van der Waals surface area contributed by atoms with E-state index in [1.165, 1.54) is 0 Å². The number of para-hydroxylation sites is 1. The predicted molar refractivity (Wildman–Crippen MR) is 94.4 cm³/mol. The molecular weight excluding hydrogens is 320 g/mol. The molecule has 1 aromatic carbocycles. The van der Waals surface area contributed by atoms with Crippen LogP contribution in [0.1, 0.15) is 41.0 Å². The number of rotatable bonds is 7. The lowest BCUT2D eigenvalue weighted by Gasteiger charge is -2.20. The van der Waals surface area contributed by atoms with E-state index >= 15 is 0 Å². The van der Waals surface area contributed by atoms with Gasteiger partial charge in [0.05, 0.1) is 17.8 Å². The topological polar surface area (TPSA) is 85.2 Å². The van der Waals surface area contributed by atoms with E-state index in [0.717, 1.165) is 11.3 Å². The summed E-state index contributed by atoms with van der Waals surface area (Å²) in [5, 5.41) is 9.65. The number of ether oxygens (including phenoxy) is 1. The normalized spacial score (nSPS) is 11.7. The number of hydrogen-bond donors (Lipinski definition) is 2. The van der Waals surface area contributed by atoms with Gasteiger partial charge in [-0.2, -0.15) is 5.10 Å². The van der Waals surface area contributed by atoms with Gasteiger partial charge in [-0.25, -0.2) is 0 Å². The summed E-state index contributed by atoms with van der Waals surface area (Å²) in [7, 11) is 3.36. The van der Waals surface area contributed by atoms with E-state index in [-0.39, 0.29) is 24.5 Å². The second-order valence-electron chi connectivity index (χ2n) is 5.70. The Hall–Kier alpha value is -2.83. The van der Waals surface area contributed by atoms with Crippen molar-refractivity contribution in [2.75, 3.05) is 13.7 Å². The highest BCUT2D eigenvalue weighted by molar-refractivity contribution is 5.95. The first-order valence-electron chi connectivity index (χ1n) is 8.19. The molecule has 0 saturated carbocycles. The molecule has 2 aromatic rings. The monoisotopic (exact) mass is 344 g/mol. The Morgan fingerprint density at radius 1 is 1.32 bits per heavy atom. The fourth-order valence-electron chi connectivity index (χ4n) is 2.47. The molecular formula is C18H24N4O3. The van der Waals surface area contributed by atoms with Crippen LogP contribution in [0.4, 0.5) is 0 Å². The molecule has 0 bridgehead atoms. The van der Waals surface area contributed by atoms with E-state index in [4.69, 9.17) is 4.74 Å². The molecule has 1 atom stereocenters. The van der Waals surface area contributed by atoms with Crippen molar-refractivity contribution in [2.45, 2.75) is 26.3 Å². The Bertz CT molecular complexity index is 755. The molecule has 2 rings (SSSR count). The van der Waals surface area contributed by atoms with Crippen molar-refractivity contribution >= 4 is 11.8 Å². The molecule has 7 nitrogen and oxygen atoms in total. The van der Waals surface area contributed by atoms with Gasteiger partial charge in [-0.1, -0.05) is 25.1 Å². The lowest BCUT2D eigenvalue weighted by Crippen LogP contribution is -2.29. The van der Waals surface area contributed by atoms with Gasteiger partial charge in [-0.15, -0.1) is 0 Å². The van der Waals surface area contributed by atoms with Gasteiger partial charge in [0.25, 0.3) is 11.8 Å². The summed E-state index contributed by atoms with van der Waals surface area (Å²) in [6.45, 7) is 3.76. The van der Waals surface area contributed by atoms with Crippen LogP contribution in [0.3, 0.4) is 0 Å². The SMILES string of the molecule is CCC(NC(=O)c1cnn(C)c1C)c1ccccc1OCC(=O)NC. The first-order chi connectivity index (χ1) is 12.0. The number of amides is 2. The number of nitrogens with one attached hydrogen (secondary N) is 2. The number of carbonyl (C=O) groups excluding carboxylic acids is 2. The number of hydrogen-bond acceptors (Lipinski definition) is 4. The summed E-state index contributed by atoms with van der Waals surface area (Å²) in [5.74, 6) is 0.192. The van der Waals surface area contributed by atoms with E-state index in [1.54, 1.807) is 31.0 Å². The maximum atomic E-state index is 12.6. The summed E-state index contributed by atoms with van der Waals surface area (Å²) < 4.78 is 7.27. The molecule has 0 saturated heterocycles. The minimum Gasteiger partial charge on any atom is -0.483 e. The second-order valence-corrected chi connectivity index (χ2v) is 5.70. The number of benzene rings is 1. The second kappa shape index (κ2) is 8.32. The van der Waals surface area contributed by atoms with E-state index in [9.17, 15) is 9.59 Å². The molecule has 0 aliphatic carbocycles. The Balaban J connectivity index is 2.18. The number of aryl methyl sites for hydroxylation is 1. The zero-order chi connectivity index (χ0) is 18.4. The van der Waals surface area contributed by atoms with Crippen LogP contribution in [-0.2, 0) is 11.8 Å². The third-order valence-electron chi connectivity index (χ3n) is 4.13. The van der Waals surface area contributed by atoms with Gasteiger partial charge in [0.15, 0.2) is 6.61 Å². The standard InChI is InChI=1S/C18H24N4O3/c1-5-15(21-18(24)14-10-20-22(4)12(14)2)13-8-6-7-9-16(13)25-11-17(23)19-3/h6-10,15H,5,11H2,1-4H3,(H,19,23)(H,21,24). The zero-order valence-corrected chi connectivity index (χ0v) is 15.0. The smallest absolute Gasteiger partial charge is 0.257 e. The van der Waals surface area contributed by atoms with Crippen LogP contribution in [0.2, 0.25) is 0 Å². The van der Waals surface area contributed by atoms with Crippen LogP contribution in [0.25, 0.3) is 0 Å². The van der Waals surface area contributed by atoms with E-state index in [1.807, 2.05) is 32.0 Å². The number of likely N-dealkylation sites (N-methyl/N-ethyl adjacent to an activating group) is 1. The quantitative estimate of drug-likeness (QED) is 0.801. The molecule has 0 fully saturated rings. The van der Waals surface area contributed by atoms with Crippen molar-refractivity contribution in [1.82, 2.24) is 20.4 Å². The van der Waals surface area contributed by atoms with Crippen molar-refractivity contribution in [1.29, 1.82) is 0 Å². The molecule has 0 aliphatic rings. The van der Waals surface area contributed by atoms with Crippen LogP contribution in [0, 0.1) is 6.92 Å². The summed E-state index contributed by atoms with van der Waals surface area (Å²) in [6.07, 6.45) is 2.25. The van der Waals surface area contributed by atoms with Crippen LogP contribution in [0.5, 0.6) is 5.75 Å². The zero-order valence-electron chi connectivity index (χ0n) is 15.0. The summed E-state index contributed by atoms with van der Waals surface area (Å²) in [5.41, 5.74) is 2.19. The van der Waals surface area contributed by atoms with Crippen molar-refractivity contribution in [3.8, 4) is 5.75 Å². The highest BCUT2D eigenvalue weighted by atomic mass is 16.5. The van der Waals surface area contributed by atoms with Gasteiger partial charge in [-0.3, -0.25) is 14.3 Å². The molecule has 0 spiro atoms. The van der Waals surface area contributed by atoms with Crippen molar-refractivity contribution in [3.63, 3.8) is 0 Å². The molecule has 0 aliphatic heterocycles. The Morgan fingerprint density at radius 2 is 2.04 bits per heavy atom. The predicted octanol–water partition coefficient (Wildman–Crippen LogP) is 1.73. The van der Waals surface area contributed by atoms with Crippen LogP contribution >= 0.6 is 0 Å². The minimum absolute atomic E-state index is 0.0698. The summed E-state index contributed by atoms with van der Waals surface area (Å²) >= 11 is 0. The fraction of sp³-hybridized carbons (Fsp3) is 0.389. The molecule has 2 amide bonds. The molecule has 25 heavy (non-hydrogen) atoms. The number of nitrogens with zero attached hydrogens (tertiary/aromatic N) is 2. The van der Waals surface area contributed by atoms with Gasteiger partial charge in [0.1, 0.15) is 5.75 Å². The van der Waals surface area contributed by atoms with E-state index in [0.29, 0.717) is 17.7 Å². The Labute approximate surface area is 147 Å². The van der Waals surface area contributed by atoms with Gasteiger partial charge in [0, 0.05) is 25.4 Å². The highest BCUT2D eigenvalue weighted by Gasteiger charge is 2.20. The summed E-state index contributed by atoms with van der Waals surface area (Å²) in [6, 6.07) is 7.17. The highest BCUT2D eigenvalue weighted by Crippen LogP contribution is 2.27. The average Bonchev–Trinajstić information content (AvgIpc) is 2.96. The number of carbonyl (C=O) groups is 2. The van der Waals surface area contributed by atoms with Gasteiger partial charge >= 0.3 is 0 Å². The molecule has 134 valence electrons. The largest absolute Gasteiger partial charge is 0.483 e.